The van der Waals surface area contributed by atoms with Crippen LogP contribution in [0.4, 0.5) is 0 Å². The van der Waals surface area contributed by atoms with Gasteiger partial charge in [-0.25, -0.2) is 4.98 Å². The van der Waals surface area contributed by atoms with Crippen LogP contribution in [0.25, 0.3) is 71.9 Å². The van der Waals surface area contributed by atoms with Crippen molar-refractivity contribution in [3.8, 4) is 28.2 Å². The fraction of sp³-hybridized carbons (Fsp3) is 0. The number of furan rings is 1. The Labute approximate surface area is 219 Å². The molecule has 0 saturated heterocycles. The van der Waals surface area contributed by atoms with Crippen LogP contribution in [0.2, 0.25) is 0 Å². The molecule has 0 aliphatic carbocycles. The summed E-state index contributed by atoms with van der Waals surface area (Å²) in [5.74, 6) is 0.937. The van der Waals surface area contributed by atoms with Gasteiger partial charge in [0, 0.05) is 22.0 Å². The second kappa shape index (κ2) is 8.19. The molecular formula is C35H22N2O. The van der Waals surface area contributed by atoms with Crippen LogP contribution in [0.15, 0.2) is 138 Å². The normalized spacial score (nSPS) is 11.7. The van der Waals surface area contributed by atoms with E-state index in [-0.39, 0.29) is 0 Å². The van der Waals surface area contributed by atoms with Gasteiger partial charge in [-0.05, 0) is 70.4 Å². The lowest BCUT2D eigenvalue weighted by molar-refractivity contribution is 0.669. The molecule has 0 fully saturated rings. The van der Waals surface area contributed by atoms with Gasteiger partial charge in [-0.15, -0.1) is 0 Å². The van der Waals surface area contributed by atoms with Gasteiger partial charge in [0.1, 0.15) is 17.0 Å². The standard InChI is InChI=1S/C35H22N2O/c1-2-9-23(10-3-1)35-36-31-15-6-7-16-32(31)37(35)28-14-8-13-24(19-28)27-17-18-33-29(21-27)30-20-25-11-4-5-12-26(25)22-34(30)38-33/h1-22H. The lowest BCUT2D eigenvalue weighted by Gasteiger charge is -2.12. The number of fused-ring (bicyclic) bond motifs is 5. The SMILES string of the molecule is c1ccc(-c2nc3ccccc3n2-c2cccc(-c3ccc4oc5cc6ccccc6cc5c4c3)c2)cc1. The van der Waals surface area contributed by atoms with Gasteiger partial charge < -0.3 is 4.42 Å². The fourth-order valence-electron chi connectivity index (χ4n) is 5.53. The van der Waals surface area contributed by atoms with Crippen LogP contribution in [0.1, 0.15) is 0 Å². The third-order valence-electron chi connectivity index (χ3n) is 7.37. The van der Waals surface area contributed by atoms with Crippen LogP contribution in [-0.2, 0) is 0 Å². The summed E-state index contributed by atoms with van der Waals surface area (Å²) in [7, 11) is 0. The number of rotatable bonds is 3. The Bertz CT molecular complexity index is 2130. The molecule has 0 aliphatic rings. The fourth-order valence-corrected chi connectivity index (χ4v) is 5.53. The number of aromatic nitrogens is 2. The van der Waals surface area contributed by atoms with E-state index < -0.39 is 0 Å². The largest absolute Gasteiger partial charge is 0.456 e. The molecule has 0 radical (unpaired) electrons. The first-order valence-electron chi connectivity index (χ1n) is 12.8. The summed E-state index contributed by atoms with van der Waals surface area (Å²) in [5, 5.41) is 4.68. The highest BCUT2D eigenvalue weighted by Gasteiger charge is 2.15. The quantitative estimate of drug-likeness (QED) is 0.249. The Hall–Kier alpha value is -5.15. The van der Waals surface area contributed by atoms with Gasteiger partial charge in [0.15, 0.2) is 0 Å². The molecule has 3 heteroatoms. The maximum Gasteiger partial charge on any atom is 0.145 e. The lowest BCUT2D eigenvalue weighted by atomic mass is 10.0. The van der Waals surface area contributed by atoms with Crippen molar-refractivity contribution < 1.29 is 4.42 Å². The van der Waals surface area contributed by atoms with Crippen molar-refractivity contribution in [3.05, 3.63) is 133 Å². The minimum Gasteiger partial charge on any atom is -0.456 e. The smallest absolute Gasteiger partial charge is 0.145 e. The van der Waals surface area contributed by atoms with E-state index in [1.165, 1.54) is 10.8 Å². The molecule has 0 atom stereocenters. The maximum atomic E-state index is 6.23. The predicted molar refractivity (Wildman–Crippen MR) is 157 cm³/mol. The first-order chi connectivity index (χ1) is 18.8. The molecule has 2 heterocycles. The molecule has 0 bridgehead atoms. The van der Waals surface area contributed by atoms with E-state index in [4.69, 9.17) is 9.40 Å². The van der Waals surface area contributed by atoms with Crippen LogP contribution in [0.3, 0.4) is 0 Å². The van der Waals surface area contributed by atoms with Gasteiger partial charge in [-0.2, -0.15) is 0 Å². The summed E-state index contributed by atoms with van der Waals surface area (Å²) in [6.07, 6.45) is 0. The van der Waals surface area contributed by atoms with Gasteiger partial charge in [-0.3, -0.25) is 4.57 Å². The highest BCUT2D eigenvalue weighted by Crippen LogP contribution is 2.36. The Morgan fingerprint density at radius 1 is 0.500 bits per heavy atom. The Kier molecular flexibility index (Phi) is 4.52. The van der Waals surface area contributed by atoms with Crippen LogP contribution in [0.5, 0.6) is 0 Å². The maximum absolute atomic E-state index is 6.23. The topological polar surface area (TPSA) is 31.0 Å². The van der Waals surface area contributed by atoms with E-state index in [1.807, 2.05) is 12.1 Å². The third-order valence-corrected chi connectivity index (χ3v) is 7.37. The monoisotopic (exact) mass is 486 g/mol. The van der Waals surface area contributed by atoms with Gasteiger partial charge in [-0.1, -0.05) is 84.9 Å². The summed E-state index contributed by atoms with van der Waals surface area (Å²) in [6, 6.07) is 46.7. The van der Waals surface area contributed by atoms with Crippen molar-refractivity contribution in [1.29, 1.82) is 0 Å². The molecule has 0 aliphatic heterocycles. The minimum atomic E-state index is 0.905. The van der Waals surface area contributed by atoms with Gasteiger partial charge >= 0.3 is 0 Å². The second-order valence-corrected chi connectivity index (χ2v) is 9.68. The van der Waals surface area contributed by atoms with Gasteiger partial charge in [0.25, 0.3) is 0 Å². The average molecular weight is 487 g/mol. The van der Waals surface area contributed by atoms with Crippen LogP contribution in [-0.4, -0.2) is 9.55 Å². The van der Waals surface area contributed by atoms with Crippen LogP contribution in [0, 0.1) is 0 Å². The van der Waals surface area contributed by atoms with E-state index in [0.717, 1.165) is 61.2 Å². The highest BCUT2D eigenvalue weighted by molar-refractivity contribution is 6.11. The second-order valence-electron chi connectivity index (χ2n) is 9.68. The lowest BCUT2D eigenvalue weighted by Crippen LogP contribution is -1.97. The summed E-state index contributed by atoms with van der Waals surface area (Å²) >= 11 is 0. The number of nitrogens with zero attached hydrogens (tertiary/aromatic N) is 2. The van der Waals surface area contributed by atoms with Crippen molar-refractivity contribution in [2.45, 2.75) is 0 Å². The molecule has 8 aromatic rings. The number of hydrogen-bond donors (Lipinski definition) is 0. The summed E-state index contributed by atoms with van der Waals surface area (Å²) in [5.41, 5.74) is 8.37. The zero-order chi connectivity index (χ0) is 25.1. The molecule has 0 unspecified atom stereocenters. The summed E-state index contributed by atoms with van der Waals surface area (Å²) < 4.78 is 8.49. The van der Waals surface area contributed by atoms with E-state index in [0.29, 0.717) is 0 Å². The minimum absolute atomic E-state index is 0.905. The summed E-state index contributed by atoms with van der Waals surface area (Å²) in [4.78, 5) is 5.01. The Morgan fingerprint density at radius 3 is 2.11 bits per heavy atom. The third kappa shape index (κ3) is 3.26. The molecule has 0 spiro atoms. The molecule has 2 aromatic heterocycles. The number of imidazole rings is 1. The van der Waals surface area contributed by atoms with Gasteiger partial charge in [0.05, 0.1) is 11.0 Å². The molecular weight excluding hydrogens is 464 g/mol. The van der Waals surface area contributed by atoms with Crippen molar-refractivity contribution >= 4 is 43.7 Å². The zero-order valence-electron chi connectivity index (χ0n) is 20.5. The molecule has 38 heavy (non-hydrogen) atoms. The zero-order valence-corrected chi connectivity index (χ0v) is 20.5. The van der Waals surface area contributed by atoms with Crippen LogP contribution < -0.4 is 0 Å². The summed E-state index contributed by atoms with van der Waals surface area (Å²) in [6.45, 7) is 0. The van der Waals surface area contributed by atoms with Crippen molar-refractivity contribution in [2.75, 3.05) is 0 Å². The molecule has 0 amide bonds. The highest BCUT2D eigenvalue weighted by atomic mass is 16.3. The number of para-hydroxylation sites is 2. The first-order valence-corrected chi connectivity index (χ1v) is 12.8. The van der Waals surface area contributed by atoms with Crippen molar-refractivity contribution in [3.63, 3.8) is 0 Å². The number of benzene rings is 6. The molecule has 8 rings (SSSR count). The van der Waals surface area contributed by atoms with Crippen molar-refractivity contribution in [2.24, 2.45) is 0 Å². The van der Waals surface area contributed by atoms with E-state index >= 15 is 0 Å². The average Bonchev–Trinajstić information content (AvgIpc) is 3.54. The molecule has 6 aromatic carbocycles. The molecule has 0 saturated carbocycles. The Morgan fingerprint density at radius 2 is 1.21 bits per heavy atom. The van der Waals surface area contributed by atoms with E-state index in [9.17, 15) is 0 Å². The van der Waals surface area contributed by atoms with Crippen LogP contribution >= 0.6 is 0 Å². The van der Waals surface area contributed by atoms with Gasteiger partial charge in [0.2, 0.25) is 0 Å². The Balaban J connectivity index is 1.31. The number of hydrogen-bond acceptors (Lipinski definition) is 2. The predicted octanol–water partition coefficient (Wildman–Crippen LogP) is 9.41. The van der Waals surface area contributed by atoms with E-state index in [2.05, 4.69) is 126 Å². The van der Waals surface area contributed by atoms with Crippen molar-refractivity contribution in [1.82, 2.24) is 9.55 Å². The van der Waals surface area contributed by atoms with E-state index in [1.54, 1.807) is 0 Å². The molecule has 178 valence electrons. The molecule has 0 N–H and O–H groups in total. The molecule has 3 nitrogen and oxygen atoms in total. The first kappa shape index (κ1) is 21.0.